The highest BCUT2D eigenvalue weighted by molar-refractivity contribution is 6.30. The van der Waals surface area contributed by atoms with Crippen LogP contribution in [0.5, 0.6) is 0 Å². The second-order valence-corrected chi connectivity index (χ2v) is 5.63. The first-order chi connectivity index (χ1) is 10.6. The summed E-state index contributed by atoms with van der Waals surface area (Å²) >= 11 is 5.89. The zero-order valence-electron chi connectivity index (χ0n) is 12.2. The fraction of sp³-hybridized carbons (Fsp3) is 0.176. The average Bonchev–Trinajstić information content (AvgIpc) is 2.86. The number of aromatic amines is 1. The molecule has 0 saturated carbocycles. The molecule has 1 heterocycles. The lowest BCUT2D eigenvalue weighted by molar-refractivity contribution is 0.0954. The third-order valence-corrected chi connectivity index (χ3v) is 3.69. The van der Waals surface area contributed by atoms with Crippen LogP contribution in [0.25, 0.3) is 11.0 Å². The van der Waals surface area contributed by atoms with Gasteiger partial charge in [-0.15, -0.1) is 0 Å². The van der Waals surface area contributed by atoms with Gasteiger partial charge in [0, 0.05) is 17.1 Å². The SMILES string of the molecule is Cc1nc2ccc(CCNC(=O)c3cccc(Cl)c3)cc2[nH]1. The van der Waals surface area contributed by atoms with Crippen molar-refractivity contribution in [2.24, 2.45) is 0 Å². The molecule has 2 aromatic carbocycles. The quantitative estimate of drug-likeness (QED) is 0.774. The second-order valence-electron chi connectivity index (χ2n) is 5.19. The van der Waals surface area contributed by atoms with Crippen LogP contribution in [-0.2, 0) is 6.42 Å². The smallest absolute Gasteiger partial charge is 0.251 e. The van der Waals surface area contributed by atoms with Gasteiger partial charge in [-0.3, -0.25) is 4.79 Å². The van der Waals surface area contributed by atoms with E-state index in [1.54, 1.807) is 24.3 Å². The summed E-state index contributed by atoms with van der Waals surface area (Å²) < 4.78 is 0. The molecule has 0 radical (unpaired) electrons. The maximum atomic E-state index is 12.0. The Hall–Kier alpha value is -2.33. The highest BCUT2D eigenvalue weighted by Crippen LogP contribution is 2.14. The number of amides is 1. The van der Waals surface area contributed by atoms with Gasteiger partial charge in [0.2, 0.25) is 0 Å². The molecule has 3 rings (SSSR count). The van der Waals surface area contributed by atoms with Gasteiger partial charge in [0.25, 0.3) is 5.91 Å². The Bertz CT molecular complexity index is 826. The summed E-state index contributed by atoms with van der Waals surface area (Å²) in [5, 5.41) is 3.47. The Morgan fingerprint density at radius 2 is 2.14 bits per heavy atom. The van der Waals surface area contributed by atoms with Crippen LogP contribution < -0.4 is 5.32 Å². The Morgan fingerprint density at radius 1 is 1.27 bits per heavy atom. The molecule has 0 saturated heterocycles. The lowest BCUT2D eigenvalue weighted by Crippen LogP contribution is -2.25. The number of hydrogen-bond acceptors (Lipinski definition) is 2. The number of halogens is 1. The predicted molar refractivity (Wildman–Crippen MR) is 88.3 cm³/mol. The minimum atomic E-state index is -0.110. The predicted octanol–water partition coefficient (Wildman–Crippen LogP) is 3.50. The zero-order chi connectivity index (χ0) is 15.5. The molecule has 0 spiro atoms. The van der Waals surface area contributed by atoms with E-state index in [0.29, 0.717) is 17.1 Å². The number of nitrogens with zero attached hydrogens (tertiary/aromatic N) is 1. The maximum absolute atomic E-state index is 12.0. The number of H-pyrrole nitrogens is 1. The summed E-state index contributed by atoms with van der Waals surface area (Å²) in [6.07, 6.45) is 0.764. The molecule has 0 aliphatic heterocycles. The van der Waals surface area contributed by atoms with Gasteiger partial charge in [0.05, 0.1) is 11.0 Å². The first kappa shape index (κ1) is 14.6. The molecule has 0 unspecified atom stereocenters. The zero-order valence-corrected chi connectivity index (χ0v) is 12.9. The number of fused-ring (bicyclic) bond motifs is 1. The van der Waals surface area contributed by atoms with Crippen LogP contribution in [0.2, 0.25) is 5.02 Å². The first-order valence-corrected chi connectivity index (χ1v) is 7.48. The number of benzene rings is 2. The summed E-state index contributed by atoms with van der Waals surface area (Å²) in [6, 6.07) is 13.0. The Morgan fingerprint density at radius 3 is 2.95 bits per heavy atom. The molecule has 0 aliphatic carbocycles. The number of aromatic nitrogens is 2. The van der Waals surface area contributed by atoms with Crippen molar-refractivity contribution < 1.29 is 4.79 Å². The topological polar surface area (TPSA) is 57.8 Å². The van der Waals surface area contributed by atoms with E-state index in [2.05, 4.69) is 21.4 Å². The maximum Gasteiger partial charge on any atom is 0.251 e. The molecule has 0 atom stereocenters. The van der Waals surface area contributed by atoms with Crippen LogP contribution in [0.15, 0.2) is 42.5 Å². The van der Waals surface area contributed by atoms with Crippen LogP contribution in [0.1, 0.15) is 21.7 Å². The van der Waals surface area contributed by atoms with Gasteiger partial charge in [-0.05, 0) is 49.2 Å². The molecule has 3 aromatic rings. The fourth-order valence-corrected chi connectivity index (χ4v) is 2.58. The van der Waals surface area contributed by atoms with Gasteiger partial charge >= 0.3 is 0 Å². The summed E-state index contributed by atoms with van der Waals surface area (Å²) in [5.41, 5.74) is 3.72. The van der Waals surface area contributed by atoms with E-state index in [1.165, 1.54) is 0 Å². The van der Waals surface area contributed by atoms with Gasteiger partial charge in [0.15, 0.2) is 0 Å². The van der Waals surface area contributed by atoms with E-state index in [1.807, 2.05) is 19.1 Å². The molecule has 1 aromatic heterocycles. The highest BCUT2D eigenvalue weighted by atomic mass is 35.5. The summed E-state index contributed by atoms with van der Waals surface area (Å²) in [5.74, 6) is 0.794. The molecule has 0 aliphatic rings. The first-order valence-electron chi connectivity index (χ1n) is 7.11. The van der Waals surface area contributed by atoms with E-state index in [9.17, 15) is 4.79 Å². The summed E-state index contributed by atoms with van der Waals surface area (Å²) in [6.45, 7) is 2.51. The van der Waals surface area contributed by atoms with Crippen molar-refractivity contribution in [3.63, 3.8) is 0 Å². The standard InChI is InChI=1S/C17H16ClN3O/c1-11-20-15-6-5-12(9-16(15)21-11)7-8-19-17(22)13-3-2-4-14(18)10-13/h2-6,9-10H,7-8H2,1H3,(H,19,22)(H,20,21). The largest absolute Gasteiger partial charge is 0.352 e. The van der Waals surface area contributed by atoms with Crippen LogP contribution >= 0.6 is 11.6 Å². The molecule has 1 amide bonds. The van der Waals surface area contributed by atoms with Crippen molar-refractivity contribution in [1.29, 1.82) is 0 Å². The van der Waals surface area contributed by atoms with E-state index >= 15 is 0 Å². The normalized spacial score (nSPS) is 10.8. The van der Waals surface area contributed by atoms with Gasteiger partial charge in [-0.25, -0.2) is 4.98 Å². The van der Waals surface area contributed by atoms with Crippen molar-refractivity contribution in [1.82, 2.24) is 15.3 Å². The molecular formula is C17H16ClN3O. The number of aryl methyl sites for hydroxylation is 1. The molecule has 22 heavy (non-hydrogen) atoms. The van der Waals surface area contributed by atoms with Gasteiger partial charge in [0.1, 0.15) is 5.82 Å². The molecule has 112 valence electrons. The Labute approximate surface area is 133 Å². The van der Waals surface area contributed by atoms with Crippen LogP contribution in [0.4, 0.5) is 0 Å². The molecule has 0 bridgehead atoms. The van der Waals surface area contributed by atoms with Crippen molar-refractivity contribution in [3.8, 4) is 0 Å². The second kappa shape index (κ2) is 6.20. The number of imidazole rings is 1. The monoisotopic (exact) mass is 313 g/mol. The van der Waals surface area contributed by atoms with Crippen molar-refractivity contribution in [2.45, 2.75) is 13.3 Å². The van der Waals surface area contributed by atoms with E-state index < -0.39 is 0 Å². The number of carbonyl (C=O) groups excluding carboxylic acids is 1. The van der Waals surface area contributed by atoms with E-state index in [0.717, 1.165) is 28.8 Å². The number of carbonyl (C=O) groups is 1. The van der Waals surface area contributed by atoms with Crippen LogP contribution in [-0.4, -0.2) is 22.4 Å². The molecule has 5 heteroatoms. The molecule has 4 nitrogen and oxygen atoms in total. The highest BCUT2D eigenvalue weighted by Gasteiger charge is 2.06. The lowest BCUT2D eigenvalue weighted by atomic mass is 10.1. The average molecular weight is 314 g/mol. The van der Waals surface area contributed by atoms with Crippen LogP contribution in [0, 0.1) is 6.92 Å². The Balaban J connectivity index is 1.60. The third kappa shape index (κ3) is 3.28. The van der Waals surface area contributed by atoms with E-state index in [-0.39, 0.29) is 5.91 Å². The Kier molecular flexibility index (Phi) is 4.11. The molecule has 0 fully saturated rings. The number of rotatable bonds is 4. The molecule has 2 N–H and O–H groups in total. The minimum absolute atomic E-state index is 0.110. The number of hydrogen-bond donors (Lipinski definition) is 2. The van der Waals surface area contributed by atoms with Gasteiger partial charge < -0.3 is 10.3 Å². The summed E-state index contributed by atoms with van der Waals surface area (Å²) in [4.78, 5) is 19.6. The molecular weight excluding hydrogens is 298 g/mol. The number of nitrogens with one attached hydrogen (secondary N) is 2. The van der Waals surface area contributed by atoms with Crippen LogP contribution in [0.3, 0.4) is 0 Å². The fourth-order valence-electron chi connectivity index (χ4n) is 2.39. The van der Waals surface area contributed by atoms with Crippen molar-refractivity contribution >= 4 is 28.5 Å². The summed E-state index contributed by atoms with van der Waals surface area (Å²) in [7, 11) is 0. The minimum Gasteiger partial charge on any atom is -0.352 e. The van der Waals surface area contributed by atoms with Crippen molar-refractivity contribution in [2.75, 3.05) is 6.54 Å². The van der Waals surface area contributed by atoms with Gasteiger partial charge in [-0.2, -0.15) is 0 Å². The van der Waals surface area contributed by atoms with Crippen molar-refractivity contribution in [3.05, 3.63) is 64.4 Å². The van der Waals surface area contributed by atoms with E-state index in [4.69, 9.17) is 11.6 Å². The third-order valence-electron chi connectivity index (χ3n) is 3.45. The van der Waals surface area contributed by atoms with Gasteiger partial charge in [-0.1, -0.05) is 23.7 Å². The lowest BCUT2D eigenvalue weighted by Gasteiger charge is -2.06.